The molecule has 118 valence electrons. The van der Waals surface area contributed by atoms with Crippen LogP contribution < -0.4 is 0 Å². The SMILES string of the molecule is CC(C)(CC(=O)O)CC(F)(F)c1ccc(C(C)(C)C)cc1. The van der Waals surface area contributed by atoms with Gasteiger partial charge in [-0.1, -0.05) is 58.9 Å². The highest BCUT2D eigenvalue weighted by Crippen LogP contribution is 2.41. The maximum atomic E-state index is 14.3. The summed E-state index contributed by atoms with van der Waals surface area (Å²) in [4.78, 5) is 10.7. The standard InChI is InChI=1S/C17H24F2O2/c1-15(2,3)12-6-8-13(9-7-12)17(18,19)11-16(4,5)10-14(20)21/h6-9H,10-11H2,1-5H3,(H,20,21). The smallest absolute Gasteiger partial charge is 0.303 e. The van der Waals surface area contributed by atoms with Crippen LogP contribution in [0, 0.1) is 5.41 Å². The van der Waals surface area contributed by atoms with E-state index in [4.69, 9.17) is 5.11 Å². The fourth-order valence-electron chi connectivity index (χ4n) is 2.39. The highest BCUT2D eigenvalue weighted by molar-refractivity contribution is 5.67. The van der Waals surface area contributed by atoms with Gasteiger partial charge in [0.25, 0.3) is 5.92 Å². The monoisotopic (exact) mass is 298 g/mol. The maximum absolute atomic E-state index is 14.3. The summed E-state index contributed by atoms with van der Waals surface area (Å²) in [6, 6.07) is 6.32. The average Bonchev–Trinajstić information content (AvgIpc) is 2.24. The second kappa shape index (κ2) is 5.74. The minimum Gasteiger partial charge on any atom is -0.481 e. The Hall–Kier alpha value is -1.45. The zero-order valence-corrected chi connectivity index (χ0v) is 13.3. The van der Waals surface area contributed by atoms with Crippen molar-refractivity contribution in [1.29, 1.82) is 0 Å². The Bertz CT molecular complexity index is 497. The van der Waals surface area contributed by atoms with E-state index in [1.54, 1.807) is 26.0 Å². The summed E-state index contributed by atoms with van der Waals surface area (Å²) in [5.74, 6) is -4.09. The molecule has 0 saturated heterocycles. The van der Waals surface area contributed by atoms with Crippen LogP contribution >= 0.6 is 0 Å². The van der Waals surface area contributed by atoms with Crippen LogP contribution in [0.3, 0.4) is 0 Å². The second-order valence-electron chi connectivity index (χ2n) is 7.44. The number of benzene rings is 1. The zero-order valence-electron chi connectivity index (χ0n) is 13.3. The zero-order chi connectivity index (χ0) is 16.5. The molecule has 0 radical (unpaired) electrons. The number of hydrogen-bond donors (Lipinski definition) is 1. The second-order valence-corrected chi connectivity index (χ2v) is 7.44. The number of alkyl halides is 2. The van der Waals surface area contributed by atoms with Gasteiger partial charge in [0.1, 0.15) is 0 Å². The van der Waals surface area contributed by atoms with E-state index in [2.05, 4.69) is 0 Å². The van der Waals surface area contributed by atoms with Crippen molar-refractivity contribution in [1.82, 2.24) is 0 Å². The predicted molar refractivity (Wildman–Crippen MR) is 79.7 cm³/mol. The molecule has 4 heteroatoms. The lowest BCUT2D eigenvalue weighted by Crippen LogP contribution is -2.27. The van der Waals surface area contributed by atoms with Gasteiger partial charge in [-0.05, 0) is 16.4 Å². The topological polar surface area (TPSA) is 37.3 Å². The predicted octanol–water partition coefficient (Wildman–Crippen LogP) is 4.97. The number of carboxylic acid groups (broad SMARTS) is 1. The van der Waals surface area contributed by atoms with Crippen molar-refractivity contribution in [3.05, 3.63) is 35.4 Å². The summed E-state index contributed by atoms with van der Waals surface area (Å²) in [6.07, 6.45) is -0.760. The number of carbonyl (C=O) groups is 1. The molecule has 0 spiro atoms. The van der Waals surface area contributed by atoms with E-state index in [1.165, 1.54) is 12.1 Å². The van der Waals surface area contributed by atoms with E-state index < -0.39 is 23.7 Å². The van der Waals surface area contributed by atoms with Crippen LogP contribution in [0.15, 0.2) is 24.3 Å². The highest BCUT2D eigenvalue weighted by Gasteiger charge is 2.39. The molecule has 21 heavy (non-hydrogen) atoms. The molecule has 0 heterocycles. The summed E-state index contributed by atoms with van der Waals surface area (Å²) >= 11 is 0. The maximum Gasteiger partial charge on any atom is 0.303 e. The van der Waals surface area contributed by atoms with Gasteiger partial charge in [-0.2, -0.15) is 0 Å². The molecule has 0 aliphatic heterocycles. The Labute approximate surface area is 125 Å². The van der Waals surface area contributed by atoms with Gasteiger partial charge in [0.15, 0.2) is 0 Å². The van der Waals surface area contributed by atoms with E-state index in [0.717, 1.165) is 5.56 Å². The lowest BCUT2D eigenvalue weighted by atomic mass is 9.80. The van der Waals surface area contributed by atoms with E-state index in [9.17, 15) is 13.6 Å². The minimum atomic E-state index is -3.03. The molecular formula is C17H24F2O2. The van der Waals surface area contributed by atoms with E-state index in [0.29, 0.717) is 0 Å². The summed E-state index contributed by atoms with van der Waals surface area (Å²) in [7, 11) is 0. The summed E-state index contributed by atoms with van der Waals surface area (Å²) in [5, 5.41) is 8.80. The third-order valence-electron chi connectivity index (χ3n) is 3.50. The summed E-state index contributed by atoms with van der Waals surface area (Å²) in [5.41, 5.74) is -0.116. The molecule has 2 nitrogen and oxygen atoms in total. The molecule has 0 amide bonds. The molecule has 0 saturated carbocycles. The Morgan fingerprint density at radius 2 is 1.43 bits per heavy atom. The van der Waals surface area contributed by atoms with Crippen molar-refractivity contribution in [3.8, 4) is 0 Å². The number of halogens is 2. The molecule has 0 atom stereocenters. The van der Waals surface area contributed by atoms with Crippen molar-refractivity contribution in [3.63, 3.8) is 0 Å². The molecule has 1 rings (SSSR count). The Balaban J connectivity index is 2.95. The van der Waals surface area contributed by atoms with Gasteiger partial charge in [0.05, 0.1) is 6.42 Å². The fourth-order valence-corrected chi connectivity index (χ4v) is 2.39. The van der Waals surface area contributed by atoms with Crippen LogP contribution in [0.1, 0.15) is 58.6 Å². The van der Waals surface area contributed by atoms with Crippen molar-refractivity contribution in [2.75, 3.05) is 0 Å². The van der Waals surface area contributed by atoms with Crippen LogP contribution in [0.25, 0.3) is 0 Å². The number of carboxylic acids is 1. The third-order valence-corrected chi connectivity index (χ3v) is 3.50. The number of rotatable bonds is 5. The van der Waals surface area contributed by atoms with Crippen LogP contribution in [-0.4, -0.2) is 11.1 Å². The minimum absolute atomic E-state index is 0.0611. The lowest BCUT2D eigenvalue weighted by Gasteiger charge is -2.29. The summed E-state index contributed by atoms with van der Waals surface area (Å²) in [6.45, 7) is 9.18. The van der Waals surface area contributed by atoms with Crippen LogP contribution in [-0.2, 0) is 16.1 Å². The number of aliphatic carboxylic acids is 1. The molecule has 0 fully saturated rings. The van der Waals surface area contributed by atoms with E-state index in [-0.39, 0.29) is 17.4 Å². The normalized spacial score (nSPS) is 13.3. The Morgan fingerprint density at radius 1 is 1.00 bits per heavy atom. The Morgan fingerprint density at radius 3 is 1.81 bits per heavy atom. The lowest BCUT2D eigenvalue weighted by molar-refractivity contribution is -0.140. The molecule has 0 aliphatic rings. The van der Waals surface area contributed by atoms with E-state index in [1.807, 2.05) is 20.8 Å². The van der Waals surface area contributed by atoms with Crippen molar-refractivity contribution < 1.29 is 18.7 Å². The van der Waals surface area contributed by atoms with Gasteiger partial charge in [-0.3, -0.25) is 4.79 Å². The van der Waals surface area contributed by atoms with Gasteiger partial charge < -0.3 is 5.11 Å². The van der Waals surface area contributed by atoms with Crippen LogP contribution in [0.5, 0.6) is 0 Å². The van der Waals surface area contributed by atoms with Gasteiger partial charge in [-0.15, -0.1) is 0 Å². The first-order chi connectivity index (χ1) is 9.33. The fraction of sp³-hybridized carbons (Fsp3) is 0.588. The first-order valence-electron chi connectivity index (χ1n) is 7.04. The molecule has 1 aromatic rings. The van der Waals surface area contributed by atoms with Gasteiger partial charge in [-0.25, -0.2) is 8.78 Å². The quantitative estimate of drug-likeness (QED) is 0.833. The van der Waals surface area contributed by atoms with Gasteiger partial charge in [0, 0.05) is 12.0 Å². The van der Waals surface area contributed by atoms with E-state index >= 15 is 0 Å². The summed E-state index contributed by atoms with van der Waals surface area (Å²) < 4.78 is 28.7. The molecule has 0 aromatic heterocycles. The molecule has 1 aromatic carbocycles. The molecular weight excluding hydrogens is 274 g/mol. The highest BCUT2D eigenvalue weighted by atomic mass is 19.3. The average molecular weight is 298 g/mol. The van der Waals surface area contributed by atoms with Crippen molar-refractivity contribution in [2.24, 2.45) is 5.41 Å². The first kappa shape index (κ1) is 17.6. The van der Waals surface area contributed by atoms with Gasteiger partial charge in [0.2, 0.25) is 0 Å². The first-order valence-corrected chi connectivity index (χ1v) is 7.04. The van der Waals surface area contributed by atoms with Gasteiger partial charge >= 0.3 is 5.97 Å². The molecule has 0 aliphatic carbocycles. The van der Waals surface area contributed by atoms with Crippen molar-refractivity contribution in [2.45, 2.75) is 58.8 Å². The molecule has 0 unspecified atom stereocenters. The molecule has 0 bridgehead atoms. The Kier molecular flexibility index (Phi) is 4.81. The third kappa shape index (κ3) is 5.10. The molecule has 1 N–H and O–H groups in total. The van der Waals surface area contributed by atoms with Crippen LogP contribution in [0.2, 0.25) is 0 Å². The van der Waals surface area contributed by atoms with Crippen LogP contribution in [0.4, 0.5) is 8.78 Å². The number of hydrogen-bond acceptors (Lipinski definition) is 1. The van der Waals surface area contributed by atoms with Crippen molar-refractivity contribution >= 4 is 5.97 Å². The largest absolute Gasteiger partial charge is 0.481 e.